The number of nitrogens with zero attached hydrogens (tertiary/aromatic N) is 1. The Labute approximate surface area is 126 Å². The van der Waals surface area contributed by atoms with Crippen molar-refractivity contribution in [3.05, 3.63) is 29.8 Å². The van der Waals surface area contributed by atoms with Crippen molar-refractivity contribution >= 4 is 12.0 Å². The Morgan fingerprint density at radius 1 is 1.14 bits per heavy atom. The first-order chi connectivity index (χ1) is 9.85. The minimum Gasteiger partial charge on any atom is -0.493 e. The van der Waals surface area contributed by atoms with E-state index < -0.39 is 0 Å². The van der Waals surface area contributed by atoms with Gasteiger partial charge in [0.15, 0.2) is 11.5 Å². The first-order valence-corrected chi connectivity index (χ1v) is 6.73. The minimum atomic E-state index is -0.349. The van der Waals surface area contributed by atoms with E-state index in [1.807, 2.05) is 27.2 Å². The molecule has 5 heteroatoms. The highest BCUT2D eigenvalue weighted by atomic mass is 16.5. The van der Waals surface area contributed by atoms with E-state index in [4.69, 9.17) is 14.2 Å². The topological polar surface area (TPSA) is 44.8 Å². The molecule has 0 saturated carbocycles. The van der Waals surface area contributed by atoms with Crippen LogP contribution in [-0.4, -0.2) is 59.0 Å². The zero-order chi connectivity index (χ0) is 15.9. The second kappa shape index (κ2) is 7.69. The van der Waals surface area contributed by atoms with Gasteiger partial charge < -0.3 is 18.7 Å². The molecule has 0 bridgehead atoms. The van der Waals surface area contributed by atoms with E-state index in [1.165, 1.54) is 6.08 Å². The van der Waals surface area contributed by atoms with Crippen molar-refractivity contribution in [1.82, 2.24) is 0 Å². The van der Waals surface area contributed by atoms with Crippen LogP contribution in [0.1, 0.15) is 5.56 Å². The predicted octanol–water partition coefficient (Wildman–Crippen LogP) is 1.97. The zero-order valence-electron chi connectivity index (χ0n) is 13.4. The lowest BCUT2D eigenvalue weighted by Gasteiger charge is -2.23. The Balaban J connectivity index is 2.58. The van der Waals surface area contributed by atoms with Crippen LogP contribution < -0.4 is 9.47 Å². The molecule has 0 spiro atoms. The third kappa shape index (κ3) is 6.31. The van der Waals surface area contributed by atoms with Gasteiger partial charge in [0.2, 0.25) is 0 Å². The van der Waals surface area contributed by atoms with Crippen LogP contribution >= 0.6 is 0 Å². The molecule has 0 atom stereocenters. The molecule has 0 aliphatic heterocycles. The first-order valence-electron chi connectivity index (χ1n) is 6.73. The molecule has 0 fully saturated rings. The summed E-state index contributed by atoms with van der Waals surface area (Å²) in [6, 6.07) is 5.44. The molecule has 0 aliphatic carbocycles. The van der Waals surface area contributed by atoms with E-state index >= 15 is 0 Å². The first kappa shape index (κ1) is 17.0. The molecule has 1 rings (SSSR count). The van der Waals surface area contributed by atoms with E-state index in [-0.39, 0.29) is 5.97 Å². The fraction of sp³-hybridized carbons (Fsp3) is 0.438. The number of rotatable bonds is 7. The third-order valence-electron chi connectivity index (χ3n) is 2.83. The van der Waals surface area contributed by atoms with Crippen LogP contribution in [0.3, 0.4) is 0 Å². The molecule has 5 nitrogen and oxygen atoms in total. The van der Waals surface area contributed by atoms with Crippen molar-refractivity contribution in [2.45, 2.75) is 0 Å². The highest BCUT2D eigenvalue weighted by Crippen LogP contribution is 2.27. The zero-order valence-corrected chi connectivity index (χ0v) is 13.4. The van der Waals surface area contributed by atoms with Crippen molar-refractivity contribution < 1.29 is 23.5 Å². The summed E-state index contributed by atoms with van der Waals surface area (Å²) >= 11 is 0. The molecule has 21 heavy (non-hydrogen) atoms. The fourth-order valence-corrected chi connectivity index (χ4v) is 1.59. The van der Waals surface area contributed by atoms with Gasteiger partial charge in [0.1, 0.15) is 13.2 Å². The lowest BCUT2D eigenvalue weighted by atomic mass is 10.2. The summed E-state index contributed by atoms with van der Waals surface area (Å²) in [6.07, 6.45) is 3.10. The number of carbonyl (C=O) groups excluding carboxylic acids is 1. The van der Waals surface area contributed by atoms with Crippen LogP contribution in [0, 0.1) is 0 Å². The number of carbonyl (C=O) groups is 1. The summed E-state index contributed by atoms with van der Waals surface area (Å²) in [5, 5.41) is 0. The van der Waals surface area contributed by atoms with E-state index in [9.17, 15) is 4.79 Å². The second-order valence-electron chi connectivity index (χ2n) is 5.63. The van der Waals surface area contributed by atoms with Crippen molar-refractivity contribution in [3.63, 3.8) is 0 Å². The van der Waals surface area contributed by atoms with Gasteiger partial charge in [0, 0.05) is 6.08 Å². The summed E-state index contributed by atoms with van der Waals surface area (Å²) in [5.41, 5.74) is 0.844. The molecule has 116 valence electrons. The van der Waals surface area contributed by atoms with Crippen molar-refractivity contribution in [2.75, 3.05) is 48.5 Å². The van der Waals surface area contributed by atoms with Gasteiger partial charge in [0.05, 0.1) is 35.4 Å². The number of hydrogen-bond donors (Lipinski definition) is 0. The molecule has 0 aromatic heterocycles. The van der Waals surface area contributed by atoms with E-state index in [1.54, 1.807) is 32.4 Å². The second-order valence-corrected chi connectivity index (χ2v) is 5.63. The minimum absolute atomic E-state index is 0.349. The van der Waals surface area contributed by atoms with Crippen molar-refractivity contribution in [1.29, 1.82) is 0 Å². The highest BCUT2D eigenvalue weighted by molar-refractivity contribution is 5.87. The molecule has 1 aromatic carbocycles. The molecule has 0 heterocycles. The standard InChI is InChI=1S/C16H24NO4/c1-17(2,3)10-11-21-16(18)9-7-13-6-8-14(19-4)15(12-13)20-5/h6-9,12H,10-11H2,1-5H3/q+1/b9-7+. The van der Waals surface area contributed by atoms with E-state index in [0.717, 1.165) is 16.6 Å². The predicted molar refractivity (Wildman–Crippen MR) is 82.4 cm³/mol. The average Bonchev–Trinajstić information content (AvgIpc) is 2.43. The van der Waals surface area contributed by atoms with E-state index in [0.29, 0.717) is 18.1 Å². The maximum atomic E-state index is 11.6. The average molecular weight is 294 g/mol. The largest absolute Gasteiger partial charge is 0.493 e. The monoisotopic (exact) mass is 294 g/mol. The number of quaternary nitrogens is 1. The van der Waals surface area contributed by atoms with E-state index in [2.05, 4.69) is 0 Å². The molecule has 1 aromatic rings. The molecule has 0 radical (unpaired) electrons. The summed E-state index contributed by atoms with van der Waals surface area (Å²) < 4.78 is 16.3. The maximum absolute atomic E-state index is 11.6. The number of methoxy groups -OCH3 is 2. The van der Waals surface area contributed by atoms with Crippen molar-refractivity contribution in [3.8, 4) is 11.5 Å². The summed E-state index contributed by atoms with van der Waals surface area (Å²) in [6.45, 7) is 1.18. The Morgan fingerprint density at radius 2 is 1.81 bits per heavy atom. The Kier molecular flexibility index (Phi) is 6.24. The fourth-order valence-electron chi connectivity index (χ4n) is 1.59. The van der Waals surface area contributed by atoms with Crippen LogP contribution in [-0.2, 0) is 9.53 Å². The summed E-state index contributed by atoms with van der Waals surface area (Å²) in [5.74, 6) is 0.927. The van der Waals surface area contributed by atoms with Gasteiger partial charge in [-0.2, -0.15) is 0 Å². The van der Waals surface area contributed by atoms with Crippen LogP contribution in [0.2, 0.25) is 0 Å². The molecule has 0 unspecified atom stereocenters. The normalized spacial score (nSPS) is 11.5. The van der Waals surface area contributed by atoms with Gasteiger partial charge in [-0.15, -0.1) is 0 Å². The van der Waals surface area contributed by atoms with Crippen LogP contribution in [0.4, 0.5) is 0 Å². The van der Waals surface area contributed by atoms with Gasteiger partial charge in [-0.1, -0.05) is 6.07 Å². The molecule has 0 aliphatic rings. The van der Waals surface area contributed by atoms with Gasteiger partial charge in [-0.25, -0.2) is 4.79 Å². The molecule has 0 amide bonds. The van der Waals surface area contributed by atoms with Gasteiger partial charge in [0.25, 0.3) is 0 Å². The Morgan fingerprint density at radius 3 is 2.38 bits per heavy atom. The van der Waals surface area contributed by atoms with Crippen LogP contribution in [0.5, 0.6) is 11.5 Å². The number of hydrogen-bond acceptors (Lipinski definition) is 4. The van der Waals surface area contributed by atoms with Crippen LogP contribution in [0.25, 0.3) is 6.08 Å². The Hall–Kier alpha value is -2.01. The SMILES string of the molecule is COc1ccc(/C=C/C(=O)OCC[N+](C)(C)C)cc1OC. The number of likely N-dealkylation sites (N-methyl/N-ethyl adjacent to an activating group) is 1. The van der Waals surface area contributed by atoms with Gasteiger partial charge in [-0.05, 0) is 23.8 Å². The molecule has 0 N–H and O–H groups in total. The third-order valence-corrected chi connectivity index (χ3v) is 2.83. The maximum Gasteiger partial charge on any atom is 0.330 e. The summed E-state index contributed by atoms with van der Waals surface area (Å²) in [7, 11) is 9.30. The van der Waals surface area contributed by atoms with Gasteiger partial charge in [-0.3, -0.25) is 0 Å². The summed E-state index contributed by atoms with van der Waals surface area (Å²) in [4.78, 5) is 11.6. The molecule has 0 saturated heterocycles. The molecular weight excluding hydrogens is 270 g/mol. The molecular formula is C16H24NO4+. The Bertz CT molecular complexity index is 503. The quantitative estimate of drug-likeness (QED) is 0.438. The number of esters is 1. The van der Waals surface area contributed by atoms with Crippen LogP contribution in [0.15, 0.2) is 24.3 Å². The smallest absolute Gasteiger partial charge is 0.330 e. The number of ether oxygens (including phenoxy) is 3. The van der Waals surface area contributed by atoms with Gasteiger partial charge >= 0.3 is 5.97 Å². The lowest BCUT2D eigenvalue weighted by Crippen LogP contribution is -2.37. The highest BCUT2D eigenvalue weighted by Gasteiger charge is 2.08. The lowest BCUT2D eigenvalue weighted by molar-refractivity contribution is -0.870. The number of benzene rings is 1. The van der Waals surface area contributed by atoms with Crippen molar-refractivity contribution in [2.24, 2.45) is 0 Å².